The molecule has 0 aliphatic carbocycles. The average Bonchev–Trinajstić information content (AvgIpc) is 3.00. The Hall–Kier alpha value is -2.55. The fourth-order valence-corrected chi connectivity index (χ4v) is 2.45. The van der Waals surface area contributed by atoms with Gasteiger partial charge < -0.3 is 14.9 Å². The maximum absolute atomic E-state index is 13.6. The van der Waals surface area contributed by atoms with Gasteiger partial charge in [-0.25, -0.2) is 0 Å². The van der Waals surface area contributed by atoms with Crippen LogP contribution in [0.4, 0.5) is 24.5 Å². The zero-order chi connectivity index (χ0) is 18.6. The normalized spacial score (nSPS) is 21.1. The van der Waals surface area contributed by atoms with Crippen LogP contribution in [0, 0.1) is 5.92 Å². The van der Waals surface area contributed by atoms with Crippen LogP contribution in [-0.2, 0) is 9.57 Å². The molecule has 3 unspecified atom stereocenters. The highest BCUT2D eigenvalue weighted by Gasteiger charge is 2.52. The Morgan fingerprint density at radius 3 is 2.76 bits per heavy atom. The summed E-state index contributed by atoms with van der Waals surface area (Å²) in [6.07, 6.45) is -3.71. The van der Waals surface area contributed by atoms with Crippen LogP contribution in [0.3, 0.4) is 0 Å². The molecule has 1 aliphatic heterocycles. The van der Waals surface area contributed by atoms with E-state index in [9.17, 15) is 13.2 Å². The van der Waals surface area contributed by atoms with Crippen molar-refractivity contribution in [1.29, 1.82) is 0 Å². The first kappa shape index (κ1) is 18.8. The molecule has 136 valence electrons. The van der Waals surface area contributed by atoms with Gasteiger partial charge in [-0.2, -0.15) is 18.3 Å². The first-order valence-corrected chi connectivity index (χ1v) is 7.39. The number of halogens is 3. The molecular weight excluding hydrogens is 337 g/mol. The second-order valence-electron chi connectivity index (χ2n) is 5.38. The highest BCUT2D eigenvalue weighted by molar-refractivity contribution is 5.74. The molecule has 0 saturated heterocycles. The van der Waals surface area contributed by atoms with Crippen LogP contribution >= 0.6 is 0 Å². The van der Waals surface area contributed by atoms with E-state index in [-0.39, 0.29) is 17.7 Å². The molecule has 1 heterocycles. The molecule has 2 rings (SSSR count). The van der Waals surface area contributed by atoms with Crippen LogP contribution in [-0.4, -0.2) is 38.5 Å². The summed E-state index contributed by atoms with van der Waals surface area (Å²) in [5, 5.41) is 10.9. The van der Waals surface area contributed by atoms with Gasteiger partial charge in [-0.05, 0) is 25.1 Å². The van der Waals surface area contributed by atoms with Gasteiger partial charge in [-0.3, -0.25) is 5.01 Å². The summed E-state index contributed by atoms with van der Waals surface area (Å²) < 4.78 is 45.9. The van der Waals surface area contributed by atoms with Gasteiger partial charge in [0.2, 0.25) is 0 Å². The van der Waals surface area contributed by atoms with Gasteiger partial charge in [-0.15, -0.1) is 0 Å². The second kappa shape index (κ2) is 7.56. The number of hydrogen-bond donors (Lipinski definition) is 1. The van der Waals surface area contributed by atoms with E-state index in [2.05, 4.69) is 28.9 Å². The highest BCUT2D eigenvalue weighted by atomic mass is 19.4. The van der Waals surface area contributed by atoms with Crippen LogP contribution in [0.15, 0.2) is 46.9 Å². The molecule has 0 aromatic heterocycles. The number of methoxy groups -OCH3 is 1. The zero-order valence-electron chi connectivity index (χ0n) is 13.8. The Bertz CT molecular complexity index is 663. The minimum Gasteiger partial charge on any atom is -0.362 e. The summed E-state index contributed by atoms with van der Waals surface area (Å²) in [6, 6.07) is 4.51. The minimum absolute atomic E-state index is 0.175. The van der Waals surface area contributed by atoms with Crippen LogP contribution < -0.4 is 10.3 Å². The smallest absolute Gasteiger partial charge is 0.362 e. The van der Waals surface area contributed by atoms with Crippen molar-refractivity contribution in [3.63, 3.8) is 0 Å². The van der Waals surface area contributed by atoms with Gasteiger partial charge in [-0.1, -0.05) is 17.8 Å². The lowest BCUT2D eigenvalue weighted by atomic mass is 9.99. The maximum atomic E-state index is 13.6. The molecule has 0 bridgehead atoms. The monoisotopic (exact) mass is 356 g/mol. The molecule has 9 heteroatoms. The summed E-state index contributed by atoms with van der Waals surface area (Å²) in [6.45, 7) is 8.35. The van der Waals surface area contributed by atoms with Crippen molar-refractivity contribution in [1.82, 2.24) is 0 Å². The lowest BCUT2D eigenvalue weighted by molar-refractivity contribution is -0.153. The van der Waals surface area contributed by atoms with Crippen LogP contribution in [0.25, 0.3) is 0 Å². The number of oxime groups is 1. The second-order valence-corrected chi connectivity index (χ2v) is 5.38. The quantitative estimate of drug-likeness (QED) is 0.351. The lowest BCUT2D eigenvalue weighted by Crippen LogP contribution is -2.45. The van der Waals surface area contributed by atoms with E-state index >= 15 is 0 Å². The Kier molecular flexibility index (Phi) is 5.68. The molecular formula is C16H19F3N4O2. The standard InChI is InChI=1S/C16H19F3N4O2/c1-10(25-20-3)14-9-21-23(15(14)16(17,18)19)13-7-5-6-12(8-13)22-11(2)24-4/h5-9,11,14-15,22H,1,3H2,2,4H3. The lowest BCUT2D eigenvalue weighted by Gasteiger charge is -2.29. The summed E-state index contributed by atoms with van der Waals surface area (Å²) in [7, 11) is 1.52. The molecule has 0 radical (unpaired) electrons. The Labute approximate surface area is 143 Å². The topological polar surface area (TPSA) is 58.5 Å². The third-order valence-electron chi connectivity index (χ3n) is 3.68. The Morgan fingerprint density at radius 2 is 2.16 bits per heavy atom. The molecule has 0 fully saturated rings. The van der Waals surface area contributed by atoms with E-state index in [1.165, 1.54) is 13.2 Å². The van der Waals surface area contributed by atoms with E-state index in [4.69, 9.17) is 9.57 Å². The van der Waals surface area contributed by atoms with Gasteiger partial charge >= 0.3 is 6.18 Å². The number of nitrogens with zero attached hydrogens (tertiary/aromatic N) is 3. The SMILES string of the molecule is C=NOC(=C)C1C=NN(c2cccc(NC(C)OC)c2)C1C(F)(F)F. The van der Waals surface area contributed by atoms with Crippen molar-refractivity contribution in [2.75, 3.05) is 17.4 Å². The van der Waals surface area contributed by atoms with E-state index < -0.39 is 18.1 Å². The van der Waals surface area contributed by atoms with Gasteiger partial charge in [0.1, 0.15) is 12.0 Å². The summed E-state index contributed by atoms with van der Waals surface area (Å²) >= 11 is 0. The van der Waals surface area contributed by atoms with Gasteiger partial charge in [0.15, 0.2) is 6.04 Å². The molecule has 1 aliphatic rings. The van der Waals surface area contributed by atoms with E-state index in [0.29, 0.717) is 5.69 Å². The fourth-order valence-electron chi connectivity index (χ4n) is 2.45. The Balaban J connectivity index is 2.31. The first-order chi connectivity index (χ1) is 11.8. The number of anilines is 2. The number of benzene rings is 1. The molecule has 0 saturated carbocycles. The van der Waals surface area contributed by atoms with Gasteiger partial charge in [0.05, 0.1) is 11.6 Å². The largest absolute Gasteiger partial charge is 0.411 e. The molecule has 3 atom stereocenters. The summed E-state index contributed by atoms with van der Waals surface area (Å²) in [4.78, 5) is 4.70. The Morgan fingerprint density at radius 1 is 1.44 bits per heavy atom. The third kappa shape index (κ3) is 4.30. The van der Waals surface area contributed by atoms with Crippen molar-refractivity contribution < 1.29 is 22.7 Å². The van der Waals surface area contributed by atoms with Crippen molar-refractivity contribution in [2.24, 2.45) is 16.2 Å². The molecule has 0 amide bonds. The number of hydrazone groups is 1. The maximum Gasteiger partial charge on any atom is 0.411 e. The van der Waals surface area contributed by atoms with Crippen LogP contribution in [0.2, 0.25) is 0 Å². The van der Waals surface area contributed by atoms with Gasteiger partial charge in [0, 0.05) is 25.7 Å². The molecule has 1 aromatic rings. The fraction of sp³-hybridized carbons (Fsp3) is 0.375. The molecule has 1 aromatic carbocycles. The van der Waals surface area contributed by atoms with Crippen molar-refractivity contribution >= 4 is 24.3 Å². The number of ether oxygens (including phenoxy) is 1. The van der Waals surface area contributed by atoms with Crippen LogP contribution in [0.1, 0.15) is 6.92 Å². The zero-order valence-corrected chi connectivity index (χ0v) is 13.8. The first-order valence-electron chi connectivity index (χ1n) is 7.39. The molecule has 1 N–H and O–H groups in total. The van der Waals surface area contributed by atoms with Crippen molar-refractivity contribution in [3.8, 4) is 0 Å². The molecule has 0 spiro atoms. The van der Waals surface area contributed by atoms with Gasteiger partial charge in [0.25, 0.3) is 0 Å². The van der Waals surface area contributed by atoms with E-state index in [1.807, 2.05) is 0 Å². The number of hydrogen-bond acceptors (Lipinski definition) is 6. The summed E-state index contributed by atoms with van der Waals surface area (Å²) in [5.41, 5.74) is 0.878. The predicted octanol–water partition coefficient (Wildman–Crippen LogP) is 3.59. The molecule has 6 nitrogen and oxygen atoms in total. The summed E-state index contributed by atoms with van der Waals surface area (Å²) in [5.74, 6) is -1.37. The highest BCUT2D eigenvalue weighted by Crippen LogP contribution is 2.39. The predicted molar refractivity (Wildman–Crippen MR) is 90.6 cm³/mol. The van der Waals surface area contributed by atoms with Crippen molar-refractivity contribution in [3.05, 3.63) is 36.6 Å². The number of alkyl halides is 3. The van der Waals surface area contributed by atoms with Crippen LogP contribution in [0.5, 0.6) is 0 Å². The third-order valence-corrected chi connectivity index (χ3v) is 3.68. The number of nitrogens with one attached hydrogen (secondary N) is 1. The molecule has 25 heavy (non-hydrogen) atoms. The van der Waals surface area contributed by atoms with E-state index in [1.54, 1.807) is 25.1 Å². The van der Waals surface area contributed by atoms with E-state index in [0.717, 1.165) is 11.2 Å². The minimum atomic E-state index is -4.56. The number of rotatable bonds is 7. The van der Waals surface area contributed by atoms with Crippen molar-refractivity contribution in [2.45, 2.75) is 25.4 Å². The average molecular weight is 356 g/mol.